The molecule has 0 bridgehead atoms. The molecule has 0 aromatic carbocycles. The van der Waals surface area contributed by atoms with Gasteiger partial charge in [0.15, 0.2) is 11.8 Å². The molecular formula is C15H30IN7. The van der Waals surface area contributed by atoms with Crippen molar-refractivity contribution < 1.29 is 0 Å². The van der Waals surface area contributed by atoms with Crippen LogP contribution in [0.4, 0.5) is 0 Å². The summed E-state index contributed by atoms with van der Waals surface area (Å²) in [6.45, 7) is 8.18. The molecule has 0 radical (unpaired) electrons. The van der Waals surface area contributed by atoms with Crippen molar-refractivity contribution in [1.29, 1.82) is 0 Å². The van der Waals surface area contributed by atoms with Crippen LogP contribution in [0.2, 0.25) is 0 Å². The third kappa shape index (κ3) is 5.03. The minimum absolute atomic E-state index is 0. The maximum atomic E-state index is 4.39. The summed E-state index contributed by atoms with van der Waals surface area (Å²) < 4.78 is 2.00. The molecule has 1 saturated heterocycles. The zero-order valence-corrected chi connectivity index (χ0v) is 17.2. The molecule has 2 rings (SSSR count). The van der Waals surface area contributed by atoms with Crippen LogP contribution in [0.1, 0.15) is 31.4 Å². The highest BCUT2D eigenvalue weighted by Crippen LogP contribution is 2.17. The van der Waals surface area contributed by atoms with Gasteiger partial charge in [0.05, 0.1) is 6.54 Å². The number of likely N-dealkylation sites (tertiary alicyclic amines) is 1. The number of aromatic nitrogens is 3. The van der Waals surface area contributed by atoms with E-state index in [-0.39, 0.29) is 24.0 Å². The molecule has 0 saturated carbocycles. The van der Waals surface area contributed by atoms with Crippen molar-refractivity contribution >= 4 is 29.9 Å². The number of nitrogens with zero attached hydrogens (tertiary/aromatic N) is 6. The van der Waals surface area contributed by atoms with E-state index in [0.717, 1.165) is 30.7 Å². The van der Waals surface area contributed by atoms with E-state index in [4.69, 9.17) is 0 Å². The highest BCUT2D eigenvalue weighted by atomic mass is 127. The van der Waals surface area contributed by atoms with Gasteiger partial charge in [-0.25, -0.2) is 0 Å². The van der Waals surface area contributed by atoms with Crippen LogP contribution < -0.4 is 5.32 Å². The summed E-state index contributed by atoms with van der Waals surface area (Å²) >= 11 is 0. The lowest BCUT2D eigenvalue weighted by Crippen LogP contribution is -2.45. The maximum absolute atomic E-state index is 4.39. The van der Waals surface area contributed by atoms with Crippen molar-refractivity contribution in [3.8, 4) is 0 Å². The number of hydrogen-bond donors (Lipinski definition) is 1. The fourth-order valence-corrected chi connectivity index (χ4v) is 3.07. The van der Waals surface area contributed by atoms with E-state index in [0.29, 0.717) is 12.6 Å². The van der Waals surface area contributed by atoms with Crippen LogP contribution in [-0.2, 0) is 13.6 Å². The number of rotatable bonds is 5. The number of halogens is 1. The number of likely N-dealkylation sites (N-methyl/N-ethyl adjacent to an activating group) is 2. The lowest BCUT2D eigenvalue weighted by molar-refractivity contribution is 0.232. The lowest BCUT2D eigenvalue weighted by atomic mass is 10.2. The number of nitrogens with one attached hydrogen (secondary N) is 1. The Morgan fingerprint density at radius 3 is 2.74 bits per heavy atom. The van der Waals surface area contributed by atoms with E-state index < -0.39 is 0 Å². The summed E-state index contributed by atoms with van der Waals surface area (Å²) in [6, 6.07) is 0.630. The first kappa shape index (κ1) is 20.1. The average molecular weight is 435 g/mol. The Balaban J connectivity index is 0.00000264. The monoisotopic (exact) mass is 435 g/mol. The Bertz CT molecular complexity index is 514. The van der Waals surface area contributed by atoms with Gasteiger partial charge in [0.2, 0.25) is 0 Å². The first-order chi connectivity index (χ1) is 10.6. The quantitative estimate of drug-likeness (QED) is 0.429. The smallest absolute Gasteiger partial charge is 0.193 e. The molecule has 0 spiro atoms. The van der Waals surface area contributed by atoms with Crippen LogP contribution in [0.5, 0.6) is 0 Å². The van der Waals surface area contributed by atoms with Crippen LogP contribution in [-0.4, -0.2) is 70.3 Å². The zero-order chi connectivity index (χ0) is 16.1. The van der Waals surface area contributed by atoms with E-state index in [1.54, 1.807) is 0 Å². The minimum atomic E-state index is 0. The van der Waals surface area contributed by atoms with Crippen LogP contribution in [0.15, 0.2) is 4.99 Å². The van der Waals surface area contributed by atoms with Crippen LogP contribution in [0.25, 0.3) is 0 Å². The Kier molecular flexibility index (Phi) is 8.24. The second-order valence-electron chi connectivity index (χ2n) is 5.93. The van der Waals surface area contributed by atoms with Gasteiger partial charge in [-0.1, -0.05) is 6.92 Å². The zero-order valence-electron chi connectivity index (χ0n) is 14.9. The molecule has 7 nitrogen and oxygen atoms in total. The summed E-state index contributed by atoms with van der Waals surface area (Å²) in [4.78, 5) is 9.15. The summed E-state index contributed by atoms with van der Waals surface area (Å²) in [6.07, 6.45) is 2.58. The van der Waals surface area contributed by atoms with Crippen molar-refractivity contribution in [2.24, 2.45) is 12.0 Å². The molecule has 23 heavy (non-hydrogen) atoms. The molecule has 1 unspecified atom stereocenters. The third-order valence-corrected chi connectivity index (χ3v) is 4.55. The molecule has 132 valence electrons. The van der Waals surface area contributed by atoms with E-state index in [2.05, 4.69) is 44.3 Å². The normalized spacial score (nSPS) is 18.8. The van der Waals surface area contributed by atoms with Gasteiger partial charge in [-0.3, -0.25) is 9.89 Å². The second-order valence-corrected chi connectivity index (χ2v) is 5.93. The van der Waals surface area contributed by atoms with E-state index in [1.807, 2.05) is 25.6 Å². The van der Waals surface area contributed by atoms with Crippen molar-refractivity contribution in [1.82, 2.24) is 29.9 Å². The maximum Gasteiger partial charge on any atom is 0.193 e. The third-order valence-electron chi connectivity index (χ3n) is 4.55. The van der Waals surface area contributed by atoms with Crippen molar-refractivity contribution in [3.63, 3.8) is 0 Å². The fourth-order valence-electron chi connectivity index (χ4n) is 3.07. The Morgan fingerprint density at radius 2 is 2.17 bits per heavy atom. The van der Waals surface area contributed by atoms with Gasteiger partial charge in [-0.2, -0.15) is 0 Å². The average Bonchev–Trinajstić information content (AvgIpc) is 3.08. The van der Waals surface area contributed by atoms with Gasteiger partial charge in [-0.05, 0) is 32.9 Å². The number of hydrogen-bond acceptors (Lipinski definition) is 4. The molecule has 0 aliphatic carbocycles. The molecule has 1 aliphatic heterocycles. The molecule has 1 aliphatic rings. The number of guanidine groups is 1. The number of aliphatic imine (C=N–C) groups is 1. The van der Waals surface area contributed by atoms with Crippen LogP contribution >= 0.6 is 24.0 Å². The summed E-state index contributed by atoms with van der Waals surface area (Å²) in [7, 11) is 5.91. The van der Waals surface area contributed by atoms with Gasteiger partial charge in [0.25, 0.3) is 0 Å². The summed E-state index contributed by atoms with van der Waals surface area (Å²) in [5, 5.41) is 11.6. The van der Waals surface area contributed by atoms with Gasteiger partial charge < -0.3 is 14.8 Å². The summed E-state index contributed by atoms with van der Waals surface area (Å²) in [5.74, 6) is 2.75. The van der Waals surface area contributed by atoms with Gasteiger partial charge in [0.1, 0.15) is 5.82 Å². The predicted octanol–water partition coefficient (Wildman–Crippen LogP) is 1.23. The summed E-state index contributed by atoms with van der Waals surface area (Å²) in [5.41, 5.74) is 0. The van der Waals surface area contributed by atoms with Crippen molar-refractivity contribution in [2.75, 3.05) is 33.7 Å². The Hall–Kier alpha value is -0.900. The van der Waals surface area contributed by atoms with E-state index in [9.17, 15) is 0 Å². The molecule has 1 N–H and O–H groups in total. The second kappa shape index (κ2) is 9.41. The van der Waals surface area contributed by atoms with Crippen LogP contribution in [0.3, 0.4) is 0 Å². The molecule has 2 heterocycles. The molecule has 1 aromatic rings. The van der Waals surface area contributed by atoms with E-state index >= 15 is 0 Å². The first-order valence-electron chi connectivity index (χ1n) is 8.07. The minimum Gasteiger partial charge on any atom is -0.349 e. The highest BCUT2D eigenvalue weighted by Gasteiger charge is 2.25. The topological polar surface area (TPSA) is 61.6 Å². The van der Waals surface area contributed by atoms with Gasteiger partial charge in [0, 0.05) is 33.7 Å². The van der Waals surface area contributed by atoms with Crippen molar-refractivity contribution in [3.05, 3.63) is 11.6 Å². The first-order valence-corrected chi connectivity index (χ1v) is 8.07. The standard InChI is InChI=1S/C15H29N7.HI/c1-6-22-9-7-8-13(22)11-20(4)15(16-3)17-10-14-19-18-12(2)21(14)5;/h13H,6-11H2,1-5H3,(H,16,17);1H. The molecule has 0 amide bonds. The van der Waals surface area contributed by atoms with Crippen LogP contribution in [0, 0.1) is 6.92 Å². The Morgan fingerprint density at radius 1 is 1.43 bits per heavy atom. The van der Waals surface area contributed by atoms with E-state index in [1.165, 1.54) is 19.4 Å². The predicted molar refractivity (Wildman–Crippen MR) is 104 cm³/mol. The molecular weight excluding hydrogens is 405 g/mol. The largest absolute Gasteiger partial charge is 0.349 e. The molecule has 1 atom stereocenters. The Labute approximate surface area is 156 Å². The highest BCUT2D eigenvalue weighted by molar-refractivity contribution is 14.0. The lowest BCUT2D eigenvalue weighted by Gasteiger charge is -2.29. The van der Waals surface area contributed by atoms with Gasteiger partial charge >= 0.3 is 0 Å². The molecule has 1 fully saturated rings. The molecule has 1 aromatic heterocycles. The van der Waals surface area contributed by atoms with Crippen molar-refractivity contribution in [2.45, 2.75) is 39.3 Å². The fraction of sp³-hybridized carbons (Fsp3) is 0.800. The SMILES string of the molecule is CCN1CCCC1CN(C)C(=NC)NCc1nnc(C)n1C.I. The number of aryl methyl sites for hydroxylation is 1. The van der Waals surface area contributed by atoms with Gasteiger partial charge in [-0.15, -0.1) is 34.2 Å². The molecule has 8 heteroatoms.